The van der Waals surface area contributed by atoms with Crippen LogP contribution in [0.2, 0.25) is 0 Å². The predicted molar refractivity (Wildman–Crippen MR) is 121 cm³/mol. The molecule has 0 fully saturated rings. The van der Waals surface area contributed by atoms with E-state index < -0.39 is 17.8 Å². The van der Waals surface area contributed by atoms with Gasteiger partial charge in [0.1, 0.15) is 5.82 Å². The first-order valence-corrected chi connectivity index (χ1v) is 11.4. The lowest BCUT2D eigenvalue weighted by molar-refractivity contribution is -0.116. The molecule has 0 saturated carbocycles. The summed E-state index contributed by atoms with van der Waals surface area (Å²) in [6.45, 7) is 2.46. The third kappa shape index (κ3) is 4.52. The van der Waals surface area contributed by atoms with Crippen molar-refractivity contribution in [3.05, 3.63) is 71.3 Å². The summed E-state index contributed by atoms with van der Waals surface area (Å²) < 4.78 is 15.6. The molecule has 32 heavy (non-hydrogen) atoms. The van der Waals surface area contributed by atoms with Crippen molar-refractivity contribution in [3.63, 3.8) is 0 Å². The van der Waals surface area contributed by atoms with Gasteiger partial charge in [-0.05, 0) is 43.5 Å². The Balaban J connectivity index is 1.40. The second-order valence-electron chi connectivity index (χ2n) is 7.64. The fourth-order valence-electron chi connectivity index (χ4n) is 3.81. The largest absolute Gasteiger partial charge is 0.342 e. The van der Waals surface area contributed by atoms with Crippen LogP contribution in [-0.4, -0.2) is 38.9 Å². The lowest BCUT2D eigenvalue weighted by Crippen LogP contribution is -2.36. The Bertz CT molecular complexity index is 1150. The van der Waals surface area contributed by atoms with Crippen molar-refractivity contribution in [2.75, 3.05) is 17.2 Å². The second-order valence-corrected chi connectivity index (χ2v) is 8.58. The molecule has 4 rings (SSSR count). The number of nitrogens with zero attached hydrogens (tertiary/aromatic N) is 4. The van der Waals surface area contributed by atoms with Crippen LogP contribution in [0.3, 0.4) is 0 Å². The zero-order valence-corrected chi connectivity index (χ0v) is 18.7. The van der Waals surface area contributed by atoms with Gasteiger partial charge in [0, 0.05) is 19.3 Å². The van der Waals surface area contributed by atoms with E-state index in [-0.39, 0.29) is 17.2 Å². The number of halogens is 1. The van der Waals surface area contributed by atoms with Crippen molar-refractivity contribution >= 4 is 29.3 Å². The van der Waals surface area contributed by atoms with E-state index in [0.717, 1.165) is 18.5 Å². The van der Waals surface area contributed by atoms with Crippen molar-refractivity contribution in [2.24, 2.45) is 7.05 Å². The summed E-state index contributed by atoms with van der Waals surface area (Å²) in [7, 11) is 1.78. The number of para-hydroxylation sites is 1. The number of carbonyl (C=O) groups excluding carboxylic acids is 2. The average Bonchev–Trinajstić information content (AvgIpc) is 3.17. The molecule has 0 spiro atoms. The number of rotatable bonds is 6. The Labute approximate surface area is 190 Å². The van der Waals surface area contributed by atoms with E-state index in [1.54, 1.807) is 24.6 Å². The molecule has 3 aromatic rings. The summed E-state index contributed by atoms with van der Waals surface area (Å²) >= 11 is 1.30. The summed E-state index contributed by atoms with van der Waals surface area (Å²) in [5.41, 5.74) is 2.15. The highest BCUT2D eigenvalue weighted by atomic mass is 32.2. The van der Waals surface area contributed by atoms with Crippen LogP contribution in [0.15, 0.2) is 53.7 Å². The molecule has 7 nitrogen and oxygen atoms in total. The molecule has 1 atom stereocenters. The van der Waals surface area contributed by atoms with E-state index in [2.05, 4.69) is 21.6 Å². The number of hydrogen-bond donors (Lipinski definition) is 1. The van der Waals surface area contributed by atoms with Crippen LogP contribution < -0.4 is 10.2 Å². The Morgan fingerprint density at radius 1 is 1.16 bits per heavy atom. The van der Waals surface area contributed by atoms with Gasteiger partial charge >= 0.3 is 0 Å². The van der Waals surface area contributed by atoms with Crippen LogP contribution in [0.1, 0.15) is 41.1 Å². The Hall–Kier alpha value is -3.20. The Kier molecular flexibility index (Phi) is 6.55. The molecule has 0 bridgehead atoms. The fraction of sp³-hybridized carbons (Fsp3) is 0.304. The Morgan fingerprint density at radius 2 is 1.91 bits per heavy atom. The van der Waals surface area contributed by atoms with Gasteiger partial charge in [-0.1, -0.05) is 42.1 Å². The van der Waals surface area contributed by atoms with Gasteiger partial charge in [-0.25, -0.2) is 4.39 Å². The molecule has 2 aromatic carbocycles. The van der Waals surface area contributed by atoms with E-state index in [4.69, 9.17) is 0 Å². The lowest BCUT2D eigenvalue weighted by atomic mass is 10.0. The van der Waals surface area contributed by atoms with Crippen molar-refractivity contribution in [1.82, 2.24) is 20.1 Å². The first-order valence-electron chi connectivity index (χ1n) is 10.4. The van der Waals surface area contributed by atoms with Gasteiger partial charge in [0.15, 0.2) is 11.0 Å². The fourth-order valence-corrected chi connectivity index (χ4v) is 4.60. The summed E-state index contributed by atoms with van der Waals surface area (Å²) in [6, 6.07) is 13.3. The number of aryl methyl sites for hydroxylation is 1. The maximum absolute atomic E-state index is 13.9. The highest BCUT2D eigenvalue weighted by molar-refractivity contribution is 7.99. The number of anilines is 1. The number of carbonyl (C=O) groups is 2. The third-order valence-electron chi connectivity index (χ3n) is 5.46. The quantitative estimate of drug-likeness (QED) is 0.578. The standard InChI is InChI=1S/C23H24FN5O2S/c1-15(25-22(31)17-10-4-5-11-18(17)24)21-26-27-23(28(21)2)32-14-20(30)29-13-7-9-16-8-3-6-12-19(16)29/h3-6,8,10-12,15H,7,9,13-14H2,1-2H3,(H,25,31). The van der Waals surface area contributed by atoms with Gasteiger partial charge in [0.2, 0.25) is 5.91 Å². The van der Waals surface area contributed by atoms with Crippen LogP contribution in [-0.2, 0) is 18.3 Å². The van der Waals surface area contributed by atoms with Crippen molar-refractivity contribution < 1.29 is 14.0 Å². The van der Waals surface area contributed by atoms with Gasteiger partial charge in [-0.2, -0.15) is 0 Å². The smallest absolute Gasteiger partial charge is 0.254 e. The first-order chi connectivity index (χ1) is 15.5. The van der Waals surface area contributed by atoms with Gasteiger partial charge in [-0.15, -0.1) is 10.2 Å². The molecule has 1 aliphatic rings. The molecule has 2 amide bonds. The van der Waals surface area contributed by atoms with Crippen molar-refractivity contribution in [2.45, 2.75) is 31.0 Å². The number of aromatic nitrogens is 3. The maximum Gasteiger partial charge on any atom is 0.254 e. The summed E-state index contributed by atoms with van der Waals surface area (Å²) in [6.07, 6.45) is 1.93. The van der Waals surface area contributed by atoms with Crippen LogP contribution >= 0.6 is 11.8 Å². The van der Waals surface area contributed by atoms with E-state index in [1.807, 2.05) is 23.1 Å². The first kappa shape index (κ1) is 22.0. The molecule has 0 saturated heterocycles. The molecular formula is C23H24FN5O2S. The molecule has 166 valence electrons. The molecule has 1 aromatic heterocycles. The second kappa shape index (κ2) is 9.52. The van der Waals surface area contributed by atoms with Crippen molar-refractivity contribution in [3.8, 4) is 0 Å². The number of hydrogen-bond acceptors (Lipinski definition) is 5. The molecule has 9 heteroatoms. The van der Waals surface area contributed by atoms with E-state index in [9.17, 15) is 14.0 Å². The van der Waals surface area contributed by atoms with Gasteiger partial charge in [0.25, 0.3) is 5.91 Å². The molecule has 1 unspecified atom stereocenters. The van der Waals surface area contributed by atoms with Crippen LogP contribution in [0.25, 0.3) is 0 Å². The summed E-state index contributed by atoms with van der Waals surface area (Å²) in [4.78, 5) is 27.1. The van der Waals surface area contributed by atoms with Crippen LogP contribution in [0.4, 0.5) is 10.1 Å². The normalized spacial score (nSPS) is 14.0. The zero-order valence-electron chi connectivity index (χ0n) is 17.9. The number of nitrogens with one attached hydrogen (secondary N) is 1. The van der Waals surface area contributed by atoms with Gasteiger partial charge in [-0.3, -0.25) is 9.59 Å². The highest BCUT2D eigenvalue weighted by Gasteiger charge is 2.24. The average molecular weight is 454 g/mol. The SMILES string of the molecule is CC(NC(=O)c1ccccc1F)c1nnc(SCC(=O)N2CCCc3ccccc32)n1C. The minimum absolute atomic E-state index is 0.0209. The lowest BCUT2D eigenvalue weighted by Gasteiger charge is -2.29. The van der Waals surface area contributed by atoms with Crippen LogP contribution in [0.5, 0.6) is 0 Å². The van der Waals surface area contributed by atoms with E-state index >= 15 is 0 Å². The molecule has 2 heterocycles. The molecule has 1 N–H and O–H groups in total. The molecule has 0 aliphatic carbocycles. The van der Waals surface area contributed by atoms with Gasteiger partial charge in [0.05, 0.1) is 17.4 Å². The molecule has 1 aliphatic heterocycles. The van der Waals surface area contributed by atoms with Crippen molar-refractivity contribution in [1.29, 1.82) is 0 Å². The third-order valence-corrected chi connectivity index (χ3v) is 6.46. The van der Waals surface area contributed by atoms with Crippen LogP contribution in [0, 0.1) is 5.82 Å². The maximum atomic E-state index is 13.9. The minimum Gasteiger partial charge on any atom is -0.342 e. The number of benzene rings is 2. The van der Waals surface area contributed by atoms with E-state index in [0.29, 0.717) is 17.5 Å². The predicted octanol–water partition coefficient (Wildman–Crippen LogP) is 3.52. The monoisotopic (exact) mass is 453 g/mol. The van der Waals surface area contributed by atoms with Gasteiger partial charge < -0.3 is 14.8 Å². The number of thioether (sulfide) groups is 1. The highest BCUT2D eigenvalue weighted by Crippen LogP contribution is 2.28. The number of amides is 2. The minimum atomic E-state index is -0.579. The summed E-state index contributed by atoms with van der Waals surface area (Å²) in [5.74, 6) is -0.326. The van der Waals surface area contributed by atoms with E-state index in [1.165, 1.54) is 35.5 Å². The summed E-state index contributed by atoms with van der Waals surface area (Å²) in [5, 5.41) is 11.7. The molecular weight excluding hydrogens is 429 g/mol. The molecule has 0 radical (unpaired) electrons. The Morgan fingerprint density at radius 3 is 2.72 bits per heavy atom. The zero-order chi connectivity index (χ0) is 22.7. The topological polar surface area (TPSA) is 80.1 Å². The number of fused-ring (bicyclic) bond motifs is 1.